The van der Waals surface area contributed by atoms with Crippen molar-refractivity contribution in [3.05, 3.63) is 35.9 Å². The second-order valence-corrected chi connectivity index (χ2v) is 6.87. The number of aromatic nitrogens is 2. The van der Waals surface area contributed by atoms with Gasteiger partial charge in [0, 0.05) is 20.1 Å². The van der Waals surface area contributed by atoms with Gasteiger partial charge in [0.05, 0.1) is 0 Å². The van der Waals surface area contributed by atoms with Gasteiger partial charge in [0.25, 0.3) is 0 Å². The summed E-state index contributed by atoms with van der Waals surface area (Å²) in [5, 5.41) is 11.6. The second kappa shape index (κ2) is 8.14. The van der Waals surface area contributed by atoms with Crippen molar-refractivity contribution in [3.8, 4) is 0 Å². The molecule has 2 aromatic rings. The van der Waals surface area contributed by atoms with Gasteiger partial charge in [0.1, 0.15) is 5.25 Å². The van der Waals surface area contributed by atoms with Crippen LogP contribution in [0.4, 0.5) is 5.13 Å². The summed E-state index contributed by atoms with van der Waals surface area (Å²) in [5.41, 5.74) is 0.991. The lowest BCUT2D eigenvalue weighted by Crippen LogP contribution is -2.33. The maximum Gasteiger partial charge on any atom is 0.240 e. The third-order valence-corrected chi connectivity index (χ3v) is 5.51. The largest absolute Gasteiger partial charge is 0.363 e. The number of amides is 1. The number of nitrogens with one attached hydrogen (secondary N) is 1. The van der Waals surface area contributed by atoms with E-state index in [2.05, 4.69) is 15.5 Å². The molecule has 0 aliphatic carbocycles. The normalized spacial score (nSPS) is 12.0. The van der Waals surface area contributed by atoms with E-state index in [9.17, 15) is 4.79 Å². The Hall–Kier alpha value is -1.60. The first kappa shape index (κ1) is 16.8. The molecule has 0 fully saturated rings. The summed E-state index contributed by atoms with van der Waals surface area (Å²) < 4.78 is 0.790. The van der Waals surface area contributed by atoms with E-state index < -0.39 is 0 Å². The minimum atomic E-state index is -0.293. The quantitative estimate of drug-likeness (QED) is 0.786. The van der Waals surface area contributed by atoms with Gasteiger partial charge in [-0.2, -0.15) is 0 Å². The van der Waals surface area contributed by atoms with Crippen molar-refractivity contribution < 1.29 is 4.79 Å². The lowest BCUT2D eigenvalue weighted by atomic mass is 10.1. The van der Waals surface area contributed by atoms with E-state index in [1.807, 2.05) is 56.1 Å². The molecule has 1 amide bonds. The fraction of sp³-hybridized carbons (Fsp3) is 0.400. The van der Waals surface area contributed by atoms with Gasteiger partial charge in [-0.3, -0.25) is 4.79 Å². The number of hydrogen-bond acceptors (Lipinski definition) is 6. The molecule has 1 aromatic carbocycles. The Morgan fingerprint density at radius 2 is 1.95 bits per heavy atom. The third kappa shape index (κ3) is 3.98. The van der Waals surface area contributed by atoms with E-state index in [0.717, 1.165) is 15.0 Å². The highest BCUT2D eigenvalue weighted by molar-refractivity contribution is 8.01. The molecule has 1 aromatic heterocycles. The monoisotopic (exact) mass is 336 g/mol. The molecule has 118 valence electrons. The van der Waals surface area contributed by atoms with Crippen molar-refractivity contribution in [1.29, 1.82) is 0 Å². The molecule has 2 rings (SSSR count). The summed E-state index contributed by atoms with van der Waals surface area (Å²) in [6.07, 6.45) is 0. The highest BCUT2D eigenvalue weighted by Crippen LogP contribution is 2.38. The number of likely N-dealkylation sites (N-methyl/N-ethyl adjacent to an activating group) is 1. The molecule has 0 aliphatic rings. The van der Waals surface area contributed by atoms with Crippen LogP contribution in [-0.2, 0) is 4.79 Å². The van der Waals surface area contributed by atoms with Gasteiger partial charge in [-0.1, -0.05) is 53.4 Å². The molecule has 0 saturated carbocycles. The molecule has 0 saturated heterocycles. The summed E-state index contributed by atoms with van der Waals surface area (Å²) in [6, 6.07) is 9.84. The van der Waals surface area contributed by atoms with Gasteiger partial charge in [-0.05, 0) is 19.4 Å². The van der Waals surface area contributed by atoms with Gasteiger partial charge in [0.15, 0.2) is 4.34 Å². The lowest BCUT2D eigenvalue weighted by Gasteiger charge is -2.24. The van der Waals surface area contributed by atoms with Crippen LogP contribution in [0.3, 0.4) is 0 Å². The molecule has 22 heavy (non-hydrogen) atoms. The van der Waals surface area contributed by atoms with Crippen LogP contribution in [0.1, 0.15) is 24.7 Å². The molecular formula is C15H20N4OS2. The number of benzene rings is 1. The Kier molecular flexibility index (Phi) is 6.21. The van der Waals surface area contributed by atoms with Crippen LogP contribution in [-0.4, -0.2) is 41.1 Å². The van der Waals surface area contributed by atoms with Gasteiger partial charge in [-0.15, -0.1) is 10.2 Å². The number of carbonyl (C=O) groups excluding carboxylic acids is 1. The molecule has 5 nitrogen and oxygen atoms in total. The van der Waals surface area contributed by atoms with Crippen molar-refractivity contribution in [2.45, 2.75) is 23.4 Å². The molecule has 1 heterocycles. The van der Waals surface area contributed by atoms with E-state index in [1.165, 1.54) is 23.1 Å². The predicted molar refractivity (Wildman–Crippen MR) is 92.4 cm³/mol. The van der Waals surface area contributed by atoms with Crippen LogP contribution in [0.2, 0.25) is 0 Å². The number of hydrogen-bond donors (Lipinski definition) is 1. The van der Waals surface area contributed by atoms with Gasteiger partial charge >= 0.3 is 0 Å². The highest BCUT2D eigenvalue weighted by Gasteiger charge is 2.27. The first-order valence-corrected chi connectivity index (χ1v) is 8.90. The van der Waals surface area contributed by atoms with Crippen LogP contribution >= 0.6 is 23.1 Å². The van der Waals surface area contributed by atoms with Gasteiger partial charge in [-0.25, -0.2) is 0 Å². The summed E-state index contributed by atoms with van der Waals surface area (Å²) in [6.45, 7) is 5.41. The van der Waals surface area contributed by atoms with Crippen molar-refractivity contribution >= 4 is 34.1 Å². The Bertz CT molecular complexity index is 599. The lowest BCUT2D eigenvalue weighted by molar-refractivity contribution is -0.130. The molecular weight excluding hydrogens is 316 g/mol. The van der Waals surface area contributed by atoms with Crippen molar-refractivity contribution in [3.63, 3.8) is 0 Å². The van der Waals surface area contributed by atoms with E-state index in [0.29, 0.717) is 13.1 Å². The second-order valence-electron chi connectivity index (χ2n) is 4.54. The molecule has 0 spiro atoms. The van der Waals surface area contributed by atoms with Crippen LogP contribution in [0, 0.1) is 0 Å². The average molecular weight is 336 g/mol. The maximum absolute atomic E-state index is 12.8. The molecule has 0 aliphatic heterocycles. The number of anilines is 1. The fourth-order valence-electron chi connectivity index (χ4n) is 2.05. The third-order valence-electron chi connectivity index (χ3n) is 3.24. The van der Waals surface area contributed by atoms with Crippen molar-refractivity contribution in [2.75, 3.05) is 25.5 Å². The topological polar surface area (TPSA) is 58.1 Å². The maximum atomic E-state index is 12.8. The van der Waals surface area contributed by atoms with Gasteiger partial charge in [0.2, 0.25) is 11.0 Å². The van der Waals surface area contributed by atoms with Crippen LogP contribution < -0.4 is 5.32 Å². The van der Waals surface area contributed by atoms with Crippen LogP contribution in [0.25, 0.3) is 0 Å². The highest BCUT2D eigenvalue weighted by atomic mass is 32.2. The fourth-order valence-corrected chi connectivity index (χ4v) is 4.03. The SMILES string of the molecule is CCN(CC)C(=O)[C@H](Sc1nnc(NC)s1)c1ccccc1. The summed E-state index contributed by atoms with van der Waals surface area (Å²) in [5.74, 6) is 0.113. The Morgan fingerprint density at radius 3 is 2.50 bits per heavy atom. The van der Waals surface area contributed by atoms with E-state index in [4.69, 9.17) is 0 Å². The standard InChI is InChI=1S/C15H20N4OS2/c1-4-19(5-2)13(20)12(11-9-7-6-8-10-11)21-15-18-17-14(16-3)22-15/h6-10,12H,4-5H2,1-3H3,(H,16,17)/t12-/m1/s1. The summed E-state index contributed by atoms with van der Waals surface area (Å²) in [7, 11) is 1.81. The van der Waals surface area contributed by atoms with E-state index in [-0.39, 0.29) is 11.2 Å². The number of carbonyl (C=O) groups is 1. The Labute approximate surface area is 139 Å². The Morgan fingerprint density at radius 1 is 1.27 bits per heavy atom. The van der Waals surface area contributed by atoms with E-state index in [1.54, 1.807) is 0 Å². The molecule has 0 bridgehead atoms. The number of nitrogens with zero attached hydrogens (tertiary/aromatic N) is 3. The number of thioether (sulfide) groups is 1. The van der Waals surface area contributed by atoms with Crippen molar-refractivity contribution in [1.82, 2.24) is 15.1 Å². The van der Waals surface area contributed by atoms with Crippen molar-refractivity contribution in [2.24, 2.45) is 0 Å². The summed E-state index contributed by atoms with van der Waals surface area (Å²) in [4.78, 5) is 14.7. The minimum absolute atomic E-state index is 0.113. The first-order chi connectivity index (χ1) is 10.7. The molecule has 1 atom stereocenters. The molecule has 1 N–H and O–H groups in total. The minimum Gasteiger partial charge on any atom is -0.363 e. The smallest absolute Gasteiger partial charge is 0.240 e. The van der Waals surface area contributed by atoms with Crippen LogP contribution in [0.5, 0.6) is 0 Å². The van der Waals surface area contributed by atoms with Gasteiger partial charge < -0.3 is 10.2 Å². The molecule has 7 heteroatoms. The number of rotatable bonds is 7. The molecule has 0 unspecified atom stereocenters. The molecule has 0 radical (unpaired) electrons. The Balaban J connectivity index is 2.27. The zero-order chi connectivity index (χ0) is 15.9. The zero-order valence-electron chi connectivity index (χ0n) is 12.9. The average Bonchev–Trinajstić information content (AvgIpc) is 3.02. The first-order valence-electron chi connectivity index (χ1n) is 7.21. The van der Waals surface area contributed by atoms with Crippen LogP contribution in [0.15, 0.2) is 34.7 Å². The summed E-state index contributed by atoms with van der Waals surface area (Å²) >= 11 is 2.92. The zero-order valence-corrected chi connectivity index (χ0v) is 14.6. The van der Waals surface area contributed by atoms with E-state index >= 15 is 0 Å². The predicted octanol–water partition coefficient (Wildman–Crippen LogP) is 3.28.